The lowest BCUT2D eigenvalue weighted by Gasteiger charge is -2.18. The van der Waals surface area contributed by atoms with Crippen LogP contribution in [0.4, 0.5) is 23.1 Å². The van der Waals surface area contributed by atoms with Gasteiger partial charge in [-0.3, -0.25) is 0 Å². The molecule has 0 saturated carbocycles. The molecule has 1 aromatic heterocycles. The molecule has 120 valence electrons. The zero-order chi connectivity index (χ0) is 16.5. The summed E-state index contributed by atoms with van der Waals surface area (Å²) < 4.78 is 0. The van der Waals surface area contributed by atoms with Crippen LogP contribution in [0.2, 0.25) is 10.0 Å². The second kappa shape index (κ2) is 6.30. The number of para-hydroxylation sites is 1. The minimum Gasteiger partial charge on any atom is -0.326 e. The molecular weight excluding hydrogens is 343 g/mol. The minimum atomic E-state index is 0.509. The van der Waals surface area contributed by atoms with Crippen LogP contribution in [0.5, 0.6) is 0 Å². The first-order valence-electron chi connectivity index (χ1n) is 7.61. The molecule has 2 heterocycles. The molecule has 0 spiro atoms. The summed E-state index contributed by atoms with van der Waals surface area (Å²) in [4.78, 5) is 11.1. The van der Waals surface area contributed by atoms with Crippen molar-refractivity contribution in [2.24, 2.45) is 0 Å². The normalized spacial score (nSPS) is 13.0. The lowest BCUT2D eigenvalue weighted by Crippen LogP contribution is -2.15. The highest BCUT2D eigenvalue weighted by Crippen LogP contribution is 2.33. The Morgan fingerprint density at radius 3 is 2.62 bits per heavy atom. The van der Waals surface area contributed by atoms with E-state index in [1.807, 2.05) is 12.1 Å². The molecule has 0 amide bonds. The van der Waals surface area contributed by atoms with Gasteiger partial charge in [0, 0.05) is 34.2 Å². The van der Waals surface area contributed by atoms with Gasteiger partial charge in [0.15, 0.2) is 0 Å². The van der Waals surface area contributed by atoms with Gasteiger partial charge in [-0.05, 0) is 42.3 Å². The van der Waals surface area contributed by atoms with Crippen molar-refractivity contribution in [3.05, 3.63) is 70.3 Å². The van der Waals surface area contributed by atoms with E-state index in [2.05, 4.69) is 38.4 Å². The predicted octanol–water partition coefficient (Wildman–Crippen LogP) is 5.22. The number of hydrogen-bond donors (Lipinski definition) is 1. The van der Waals surface area contributed by atoms with Crippen molar-refractivity contribution in [1.29, 1.82) is 0 Å². The molecule has 1 aliphatic rings. The highest BCUT2D eigenvalue weighted by molar-refractivity contribution is 6.35. The maximum absolute atomic E-state index is 6.03. The largest absolute Gasteiger partial charge is 0.326 e. The molecule has 1 aliphatic heterocycles. The molecular formula is C18H14Cl2N4. The van der Waals surface area contributed by atoms with Gasteiger partial charge in [-0.2, -0.15) is 4.98 Å². The third-order valence-electron chi connectivity index (χ3n) is 3.92. The Morgan fingerprint density at radius 2 is 1.79 bits per heavy atom. The van der Waals surface area contributed by atoms with Crippen LogP contribution >= 0.6 is 23.2 Å². The van der Waals surface area contributed by atoms with Crippen molar-refractivity contribution in [2.75, 3.05) is 16.8 Å². The molecule has 0 saturated heterocycles. The van der Waals surface area contributed by atoms with Crippen LogP contribution in [0.25, 0.3) is 0 Å². The Bertz CT molecular complexity index is 877. The second-order valence-corrected chi connectivity index (χ2v) is 6.42. The van der Waals surface area contributed by atoms with Crippen LogP contribution in [0.15, 0.2) is 54.7 Å². The molecule has 0 atom stereocenters. The van der Waals surface area contributed by atoms with Crippen LogP contribution in [-0.2, 0) is 6.42 Å². The van der Waals surface area contributed by atoms with Crippen LogP contribution < -0.4 is 10.2 Å². The number of fused-ring (bicyclic) bond motifs is 1. The summed E-state index contributed by atoms with van der Waals surface area (Å²) in [7, 11) is 0. The third kappa shape index (κ3) is 3.03. The lowest BCUT2D eigenvalue weighted by atomic mass is 10.2. The average Bonchev–Trinajstić information content (AvgIpc) is 2.98. The molecule has 4 rings (SSSR count). The van der Waals surface area contributed by atoms with Gasteiger partial charge >= 0.3 is 0 Å². The Labute approximate surface area is 150 Å². The van der Waals surface area contributed by atoms with E-state index in [9.17, 15) is 0 Å². The van der Waals surface area contributed by atoms with Crippen molar-refractivity contribution >= 4 is 46.3 Å². The van der Waals surface area contributed by atoms with Gasteiger partial charge in [0.2, 0.25) is 5.95 Å². The summed E-state index contributed by atoms with van der Waals surface area (Å²) >= 11 is 12.1. The summed E-state index contributed by atoms with van der Waals surface area (Å²) in [6.07, 6.45) is 2.77. The summed E-state index contributed by atoms with van der Waals surface area (Å²) in [5.74, 6) is 1.38. The number of aromatic nitrogens is 2. The van der Waals surface area contributed by atoms with E-state index in [-0.39, 0.29) is 0 Å². The highest BCUT2D eigenvalue weighted by Gasteiger charge is 2.21. The molecule has 0 aliphatic carbocycles. The Balaban J connectivity index is 1.63. The standard InChI is InChI=1S/C18H14Cl2N4/c19-13-9-14(20)11-15(10-13)22-18-21-7-5-17(23-18)24-8-6-12-3-1-2-4-16(12)24/h1-5,7,9-11H,6,8H2,(H,21,22,23). The Hall–Kier alpha value is -2.30. The van der Waals surface area contributed by atoms with Crippen LogP contribution in [0, 0.1) is 0 Å². The van der Waals surface area contributed by atoms with Gasteiger partial charge in [0.05, 0.1) is 0 Å². The van der Waals surface area contributed by atoms with Gasteiger partial charge < -0.3 is 10.2 Å². The van der Waals surface area contributed by atoms with Crippen molar-refractivity contribution in [3.63, 3.8) is 0 Å². The van der Waals surface area contributed by atoms with E-state index >= 15 is 0 Å². The number of benzene rings is 2. The van der Waals surface area contributed by atoms with E-state index in [4.69, 9.17) is 23.2 Å². The zero-order valence-electron chi connectivity index (χ0n) is 12.7. The third-order valence-corrected chi connectivity index (χ3v) is 4.36. The number of halogens is 2. The Kier molecular flexibility index (Phi) is 4.00. The number of nitrogens with zero attached hydrogens (tertiary/aromatic N) is 3. The van der Waals surface area contributed by atoms with Gasteiger partial charge in [-0.1, -0.05) is 41.4 Å². The first-order valence-corrected chi connectivity index (χ1v) is 8.36. The fraction of sp³-hybridized carbons (Fsp3) is 0.111. The summed E-state index contributed by atoms with van der Waals surface area (Å²) in [5, 5.41) is 4.28. The molecule has 4 nitrogen and oxygen atoms in total. The summed E-state index contributed by atoms with van der Waals surface area (Å²) in [6.45, 7) is 0.915. The van der Waals surface area contributed by atoms with Crippen molar-refractivity contribution < 1.29 is 0 Å². The maximum atomic E-state index is 6.03. The smallest absolute Gasteiger partial charge is 0.229 e. The SMILES string of the molecule is Clc1cc(Cl)cc(Nc2nccc(N3CCc4ccccc43)n2)c1. The van der Waals surface area contributed by atoms with E-state index in [0.29, 0.717) is 16.0 Å². The van der Waals surface area contributed by atoms with E-state index in [1.165, 1.54) is 11.3 Å². The maximum Gasteiger partial charge on any atom is 0.229 e. The van der Waals surface area contributed by atoms with Crippen molar-refractivity contribution in [3.8, 4) is 0 Å². The average molecular weight is 357 g/mol. The van der Waals surface area contributed by atoms with Crippen LogP contribution in [0.1, 0.15) is 5.56 Å². The predicted molar refractivity (Wildman–Crippen MR) is 98.9 cm³/mol. The van der Waals surface area contributed by atoms with Gasteiger partial charge in [0.25, 0.3) is 0 Å². The number of anilines is 4. The fourth-order valence-corrected chi connectivity index (χ4v) is 3.42. The number of nitrogens with one attached hydrogen (secondary N) is 1. The quantitative estimate of drug-likeness (QED) is 0.698. The van der Waals surface area contributed by atoms with Crippen molar-refractivity contribution in [1.82, 2.24) is 9.97 Å². The zero-order valence-corrected chi connectivity index (χ0v) is 14.2. The molecule has 3 aromatic rings. The molecule has 0 bridgehead atoms. The minimum absolute atomic E-state index is 0.509. The summed E-state index contributed by atoms with van der Waals surface area (Å²) in [6, 6.07) is 15.6. The van der Waals surface area contributed by atoms with Gasteiger partial charge in [-0.15, -0.1) is 0 Å². The first kappa shape index (κ1) is 15.2. The number of rotatable bonds is 3. The molecule has 0 radical (unpaired) electrons. The van der Waals surface area contributed by atoms with E-state index in [0.717, 1.165) is 24.5 Å². The molecule has 6 heteroatoms. The highest BCUT2D eigenvalue weighted by atomic mass is 35.5. The molecule has 2 aromatic carbocycles. The fourth-order valence-electron chi connectivity index (χ4n) is 2.89. The Morgan fingerprint density at radius 1 is 1.00 bits per heavy atom. The van der Waals surface area contributed by atoms with E-state index in [1.54, 1.807) is 24.4 Å². The second-order valence-electron chi connectivity index (χ2n) is 5.55. The molecule has 24 heavy (non-hydrogen) atoms. The van der Waals surface area contributed by atoms with Crippen molar-refractivity contribution in [2.45, 2.75) is 6.42 Å². The summed E-state index contributed by atoms with van der Waals surface area (Å²) in [5.41, 5.74) is 3.30. The van der Waals surface area contributed by atoms with Gasteiger partial charge in [-0.25, -0.2) is 4.98 Å². The first-order chi connectivity index (χ1) is 11.7. The van der Waals surface area contributed by atoms with Crippen LogP contribution in [-0.4, -0.2) is 16.5 Å². The monoisotopic (exact) mass is 356 g/mol. The topological polar surface area (TPSA) is 41.1 Å². The lowest BCUT2D eigenvalue weighted by molar-refractivity contribution is 0.966. The van der Waals surface area contributed by atoms with Crippen LogP contribution in [0.3, 0.4) is 0 Å². The van der Waals surface area contributed by atoms with E-state index < -0.39 is 0 Å². The molecule has 0 fully saturated rings. The molecule has 0 unspecified atom stereocenters. The molecule has 1 N–H and O–H groups in total. The van der Waals surface area contributed by atoms with Gasteiger partial charge in [0.1, 0.15) is 5.82 Å². The number of hydrogen-bond acceptors (Lipinski definition) is 4.